The van der Waals surface area contributed by atoms with E-state index in [4.69, 9.17) is 14.0 Å². The van der Waals surface area contributed by atoms with Gasteiger partial charge in [-0.3, -0.25) is 0 Å². The standard InChI is InChI=1S/C7H11BO3/c1-2-8-10-6-3-4-9-5-7(6)11-8/h3-4,6-7H,2,5H2,1H3. The van der Waals surface area contributed by atoms with Gasteiger partial charge in [-0.2, -0.15) is 0 Å². The van der Waals surface area contributed by atoms with Crippen molar-refractivity contribution in [2.24, 2.45) is 0 Å². The zero-order valence-corrected chi connectivity index (χ0v) is 6.53. The van der Waals surface area contributed by atoms with Crippen LogP contribution in [0.1, 0.15) is 6.92 Å². The van der Waals surface area contributed by atoms with Crippen molar-refractivity contribution in [1.82, 2.24) is 0 Å². The summed E-state index contributed by atoms with van der Waals surface area (Å²) >= 11 is 0. The summed E-state index contributed by atoms with van der Waals surface area (Å²) in [7, 11) is -0.0312. The smallest absolute Gasteiger partial charge is 0.457 e. The van der Waals surface area contributed by atoms with Crippen molar-refractivity contribution in [3.8, 4) is 0 Å². The minimum Gasteiger partial charge on any atom is -0.499 e. The molecule has 2 rings (SSSR count). The Morgan fingerprint density at radius 1 is 1.55 bits per heavy atom. The predicted octanol–water partition coefficient (Wildman–Crippen LogP) is 0.822. The van der Waals surface area contributed by atoms with Crippen LogP contribution in [0.5, 0.6) is 0 Å². The summed E-state index contributed by atoms with van der Waals surface area (Å²) in [6.45, 7) is 2.67. The lowest BCUT2D eigenvalue weighted by molar-refractivity contribution is 0.0774. The second kappa shape index (κ2) is 2.87. The zero-order chi connectivity index (χ0) is 7.68. The Balaban J connectivity index is 2.00. The van der Waals surface area contributed by atoms with Crippen LogP contribution < -0.4 is 0 Å². The highest BCUT2D eigenvalue weighted by atomic mass is 16.7. The van der Waals surface area contributed by atoms with E-state index in [-0.39, 0.29) is 19.3 Å². The van der Waals surface area contributed by atoms with Gasteiger partial charge in [0, 0.05) is 0 Å². The SMILES string of the molecule is CCB1OC2C=COCC2O1. The van der Waals surface area contributed by atoms with Crippen LogP contribution in [0.25, 0.3) is 0 Å². The monoisotopic (exact) mass is 154 g/mol. The fraction of sp³-hybridized carbons (Fsp3) is 0.714. The Morgan fingerprint density at radius 3 is 3.18 bits per heavy atom. The third-order valence-electron chi connectivity index (χ3n) is 1.96. The molecule has 3 nitrogen and oxygen atoms in total. The molecule has 2 heterocycles. The molecule has 60 valence electrons. The lowest BCUT2D eigenvalue weighted by Crippen LogP contribution is -2.28. The van der Waals surface area contributed by atoms with Crippen LogP contribution in [0.4, 0.5) is 0 Å². The van der Waals surface area contributed by atoms with Gasteiger partial charge in [0.05, 0.1) is 12.4 Å². The molecule has 0 bridgehead atoms. The van der Waals surface area contributed by atoms with Gasteiger partial charge in [0.15, 0.2) is 0 Å². The van der Waals surface area contributed by atoms with E-state index in [1.807, 2.05) is 13.0 Å². The molecule has 2 aliphatic heterocycles. The Morgan fingerprint density at radius 2 is 2.45 bits per heavy atom. The Bertz CT molecular complexity index is 171. The molecular formula is C7H11BO3. The van der Waals surface area contributed by atoms with Gasteiger partial charge in [-0.05, 0) is 12.4 Å². The number of ether oxygens (including phenoxy) is 1. The summed E-state index contributed by atoms with van der Waals surface area (Å²) in [5.74, 6) is 0. The van der Waals surface area contributed by atoms with Gasteiger partial charge < -0.3 is 14.0 Å². The summed E-state index contributed by atoms with van der Waals surface area (Å²) in [6.07, 6.45) is 4.73. The van der Waals surface area contributed by atoms with Gasteiger partial charge in [0.2, 0.25) is 0 Å². The Hall–Kier alpha value is -0.475. The van der Waals surface area contributed by atoms with E-state index in [1.165, 1.54) is 0 Å². The van der Waals surface area contributed by atoms with E-state index in [0.717, 1.165) is 6.32 Å². The quantitative estimate of drug-likeness (QED) is 0.523. The van der Waals surface area contributed by atoms with Crippen LogP contribution in [-0.2, 0) is 14.0 Å². The van der Waals surface area contributed by atoms with Crippen LogP contribution in [0.3, 0.4) is 0 Å². The maximum absolute atomic E-state index is 5.53. The molecule has 0 saturated carbocycles. The molecule has 2 aliphatic rings. The van der Waals surface area contributed by atoms with Crippen molar-refractivity contribution in [3.05, 3.63) is 12.3 Å². The highest BCUT2D eigenvalue weighted by molar-refractivity contribution is 6.45. The summed E-state index contributed by atoms with van der Waals surface area (Å²) in [5.41, 5.74) is 0. The van der Waals surface area contributed by atoms with Crippen molar-refractivity contribution in [1.29, 1.82) is 0 Å². The van der Waals surface area contributed by atoms with Crippen molar-refractivity contribution in [2.45, 2.75) is 25.5 Å². The Labute approximate surface area is 66.5 Å². The van der Waals surface area contributed by atoms with Crippen molar-refractivity contribution in [3.63, 3.8) is 0 Å². The molecule has 4 heteroatoms. The summed E-state index contributed by atoms with van der Waals surface area (Å²) in [5, 5.41) is 0. The minimum atomic E-state index is -0.0312. The number of fused-ring (bicyclic) bond motifs is 1. The summed E-state index contributed by atoms with van der Waals surface area (Å²) in [4.78, 5) is 0. The third-order valence-corrected chi connectivity index (χ3v) is 1.96. The largest absolute Gasteiger partial charge is 0.499 e. The molecule has 2 atom stereocenters. The molecule has 1 saturated heterocycles. The van der Waals surface area contributed by atoms with Crippen LogP contribution in [-0.4, -0.2) is 25.9 Å². The number of rotatable bonds is 1. The van der Waals surface area contributed by atoms with E-state index in [9.17, 15) is 0 Å². The second-order valence-electron chi connectivity index (χ2n) is 2.77. The van der Waals surface area contributed by atoms with Crippen LogP contribution in [0.15, 0.2) is 12.3 Å². The molecular weight excluding hydrogens is 143 g/mol. The average molecular weight is 154 g/mol. The topological polar surface area (TPSA) is 27.7 Å². The highest BCUT2D eigenvalue weighted by Crippen LogP contribution is 2.22. The number of hydrogen-bond acceptors (Lipinski definition) is 3. The van der Waals surface area contributed by atoms with E-state index in [0.29, 0.717) is 6.61 Å². The predicted molar refractivity (Wildman–Crippen MR) is 41.1 cm³/mol. The third kappa shape index (κ3) is 1.28. The fourth-order valence-corrected chi connectivity index (χ4v) is 1.35. The average Bonchev–Trinajstić information content (AvgIpc) is 2.46. The highest BCUT2D eigenvalue weighted by Gasteiger charge is 2.38. The minimum absolute atomic E-state index is 0.0312. The van der Waals surface area contributed by atoms with Gasteiger partial charge in [-0.1, -0.05) is 6.92 Å². The molecule has 0 spiro atoms. The second-order valence-corrected chi connectivity index (χ2v) is 2.77. The molecule has 0 N–H and O–H groups in total. The zero-order valence-electron chi connectivity index (χ0n) is 6.53. The molecule has 2 unspecified atom stereocenters. The van der Waals surface area contributed by atoms with E-state index in [1.54, 1.807) is 6.26 Å². The van der Waals surface area contributed by atoms with Crippen LogP contribution in [0, 0.1) is 0 Å². The molecule has 0 aliphatic carbocycles. The maximum atomic E-state index is 5.53. The molecule has 11 heavy (non-hydrogen) atoms. The van der Waals surface area contributed by atoms with Crippen LogP contribution >= 0.6 is 0 Å². The van der Waals surface area contributed by atoms with Crippen molar-refractivity contribution >= 4 is 7.12 Å². The summed E-state index contributed by atoms with van der Waals surface area (Å²) < 4.78 is 16.1. The maximum Gasteiger partial charge on any atom is 0.457 e. The molecule has 0 aromatic rings. The lowest BCUT2D eigenvalue weighted by atomic mass is 9.87. The first-order valence-corrected chi connectivity index (χ1v) is 3.99. The van der Waals surface area contributed by atoms with Crippen molar-refractivity contribution < 1.29 is 14.0 Å². The van der Waals surface area contributed by atoms with Gasteiger partial charge in [0.1, 0.15) is 12.7 Å². The first-order chi connectivity index (χ1) is 5.40. The van der Waals surface area contributed by atoms with Gasteiger partial charge in [0.25, 0.3) is 0 Å². The lowest BCUT2D eigenvalue weighted by Gasteiger charge is -2.18. The van der Waals surface area contributed by atoms with Gasteiger partial charge in [-0.15, -0.1) is 0 Å². The molecule has 0 radical (unpaired) electrons. The van der Waals surface area contributed by atoms with Crippen molar-refractivity contribution in [2.75, 3.05) is 6.61 Å². The first-order valence-electron chi connectivity index (χ1n) is 3.99. The molecule has 0 amide bonds. The molecule has 0 aromatic carbocycles. The van der Waals surface area contributed by atoms with E-state index >= 15 is 0 Å². The number of hydrogen-bond donors (Lipinski definition) is 0. The normalized spacial score (nSPS) is 35.2. The van der Waals surface area contributed by atoms with E-state index < -0.39 is 0 Å². The molecule has 1 fully saturated rings. The van der Waals surface area contributed by atoms with Gasteiger partial charge >= 0.3 is 7.12 Å². The van der Waals surface area contributed by atoms with Crippen LogP contribution in [0.2, 0.25) is 6.32 Å². The Kier molecular flexibility index (Phi) is 1.88. The molecule has 0 aromatic heterocycles. The first kappa shape index (κ1) is 7.19. The van der Waals surface area contributed by atoms with E-state index in [2.05, 4.69) is 0 Å². The van der Waals surface area contributed by atoms with Gasteiger partial charge in [-0.25, -0.2) is 0 Å². The summed E-state index contributed by atoms with van der Waals surface area (Å²) in [6, 6.07) is 0. The fourth-order valence-electron chi connectivity index (χ4n) is 1.35.